The maximum atomic E-state index is 3.61. The minimum atomic E-state index is 0.667. The summed E-state index contributed by atoms with van der Waals surface area (Å²) in [5.41, 5.74) is 5.90. The van der Waals surface area contributed by atoms with E-state index in [0.29, 0.717) is 5.92 Å². The third-order valence-electron chi connectivity index (χ3n) is 3.39. The summed E-state index contributed by atoms with van der Waals surface area (Å²) >= 11 is 0. The minimum absolute atomic E-state index is 0.667. The van der Waals surface area contributed by atoms with Crippen LogP contribution in [0.1, 0.15) is 41.8 Å². The van der Waals surface area contributed by atoms with Gasteiger partial charge in [-0.3, -0.25) is 0 Å². The van der Waals surface area contributed by atoms with Gasteiger partial charge in [-0.05, 0) is 17.5 Å². The molecule has 0 saturated carbocycles. The van der Waals surface area contributed by atoms with E-state index in [9.17, 15) is 0 Å². The molecular formula is C12H16N2. The molecule has 1 unspecified atom stereocenters. The van der Waals surface area contributed by atoms with E-state index in [1.54, 1.807) is 0 Å². The van der Waals surface area contributed by atoms with Crippen LogP contribution in [0.4, 0.5) is 0 Å². The highest BCUT2D eigenvalue weighted by Crippen LogP contribution is 2.33. The fourth-order valence-electron chi connectivity index (χ4n) is 2.56. The van der Waals surface area contributed by atoms with Gasteiger partial charge >= 0.3 is 0 Å². The van der Waals surface area contributed by atoms with E-state index in [-0.39, 0.29) is 0 Å². The summed E-state index contributed by atoms with van der Waals surface area (Å²) in [6, 6.07) is 0. The quantitative estimate of drug-likeness (QED) is 0.641. The van der Waals surface area contributed by atoms with Gasteiger partial charge in [0.2, 0.25) is 0 Å². The van der Waals surface area contributed by atoms with Gasteiger partial charge < -0.3 is 10.3 Å². The molecule has 0 aromatic carbocycles. The van der Waals surface area contributed by atoms with Crippen molar-refractivity contribution in [1.29, 1.82) is 0 Å². The Bertz CT molecular complexity index is 387. The number of aromatic nitrogens is 1. The fourth-order valence-corrected chi connectivity index (χ4v) is 2.56. The molecule has 1 aromatic rings. The SMILES string of the molecule is CC1CC=Cc2c1[nH]c1c2CNCC1. The first kappa shape index (κ1) is 8.30. The van der Waals surface area contributed by atoms with Crippen LogP contribution in [0.3, 0.4) is 0 Å². The number of hydrogen-bond donors (Lipinski definition) is 2. The van der Waals surface area contributed by atoms with Crippen LogP contribution in [0, 0.1) is 0 Å². The number of hydrogen-bond acceptors (Lipinski definition) is 1. The second-order valence-corrected chi connectivity index (χ2v) is 4.38. The van der Waals surface area contributed by atoms with Gasteiger partial charge in [0.15, 0.2) is 0 Å². The van der Waals surface area contributed by atoms with Gasteiger partial charge in [-0.1, -0.05) is 19.1 Å². The number of aromatic amines is 1. The lowest BCUT2D eigenvalue weighted by Gasteiger charge is -2.15. The Morgan fingerprint density at radius 3 is 3.29 bits per heavy atom. The molecule has 1 aliphatic heterocycles. The van der Waals surface area contributed by atoms with Crippen LogP contribution in [0.25, 0.3) is 6.08 Å². The first-order valence-corrected chi connectivity index (χ1v) is 5.47. The van der Waals surface area contributed by atoms with Crippen molar-refractivity contribution in [2.45, 2.75) is 32.2 Å². The predicted molar refractivity (Wildman–Crippen MR) is 58.3 cm³/mol. The van der Waals surface area contributed by atoms with E-state index >= 15 is 0 Å². The van der Waals surface area contributed by atoms with Crippen LogP contribution < -0.4 is 5.32 Å². The average molecular weight is 188 g/mol. The van der Waals surface area contributed by atoms with Crippen molar-refractivity contribution in [2.75, 3.05) is 6.54 Å². The Labute approximate surface area is 84.4 Å². The molecule has 2 nitrogen and oxygen atoms in total. The Hall–Kier alpha value is -1.02. The molecule has 74 valence electrons. The van der Waals surface area contributed by atoms with Gasteiger partial charge in [-0.25, -0.2) is 0 Å². The van der Waals surface area contributed by atoms with Crippen LogP contribution in [0.2, 0.25) is 0 Å². The summed E-state index contributed by atoms with van der Waals surface area (Å²) in [6.45, 7) is 4.46. The van der Waals surface area contributed by atoms with Crippen LogP contribution in [-0.4, -0.2) is 11.5 Å². The van der Waals surface area contributed by atoms with Crippen molar-refractivity contribution < 1.29 is 0 Å². The zero-order valence-electron chi connectivity index (χ0n) is 8.56. The lowest BCUT2D eigenvalue weighted by molar-refractivity contribution is 0.637. The van der Waals surface area contributed by atoms with Crippen molar-refractivity contribution in [1.82, 2.24) is 10.3 Å². The fraction of sp³-hybridized carbons (Fsp3) is 0.500. The van der Waals surface area contributed by atoms with E-state index in [1.165, 1.54) is 28.9 Å². The maximum absolute atomic E-state index is 3.61. The molecule has 14 heavy (non-hydrogen) atoms. The molecule has 0 saturated heterocycles. The molecule has 0 spiro atoms. The van der Waals surface area contributed by atoms with E-state index < -0.39 is 0 Å². The topological polar surface area (TPSA) is 27.8 Å². The number of H-pyrrole nitrogens is 1. The highest BCUT2D eigenvalue weighted by Gasteiger charge is 2.22. The average Bonchev–Trinajstić information content (AvgIpc) is 2.59. The normalized spacial score (nSPS) is 24.5. The van der Waals surface area contributed by atoms with E-state index in [1.807, 2.05) is 0 Å². The summed E-state index contributed by atoms with van der Waals surface area (Å²) in [4.78, 5) is 3.61. The summed E-state index contributed by atoms with van der Waals surface area (Å²) in [7, 11) is 0. The Kier molecular flexibility index (Phi) is 1.77. The summed E-state index contributed by atoms with van der Waals surface area (Å²) in [5.74, 6) is 0.667. The zero-order chi connectivity index (χ0) is 9.54. The molecule has 2 heteroatoms. The third-order valence-corrected chi connectivity index (χ3v) is 3.39. The van der Waals surface area contributed by atoms with Crippen molar-refractivity contribution in [3.8, 4) is 0 Å². The zero-order valence-corrected chi connectivity index (χ0v) is 8.56. The monoisotopic (exact) mass is 188 g/mol. The lowest BCUT2D eigenvalue weighted by atomic mass is 9.92. The van der Waals surface area contributed by atoms with E-state index in [0.717, 1.165) is 19.5 Å². The van der Waals surface area contributed by atoms with Crippen LogP contribution in [-0.2, 0) is 13.0 Å². The Balaban J connectivity index is 2.16. The maximum Gasteiger partial charge on any atom is 0.0257 e. The molecule has 1 atom stereocenters. The smallest absolute Gasteiger partial charge is 0.0257 e. The van der Waals surface area contributed by atoms with Gasteiger partial charge in [0.25, 0.3) is 0 Å². The van der Waals surface area contributed by atoms with Gasteiger partial charge in [0, 0.05) is 36.8 Å². The van der Waals surface area contributed by atoms with Crippen molar-refractivity contribution in [2.24, 2.45) is 0 Å². The second kappa shape index (κ2) is 2.99. The molecule has 0 radical (unpaired) electrons. The Morgan fingerprint density at radius 1 is 1.43 bits per heavy atom. The molecule has 2 N–H and O–H groups in total. The van der Waals surface area contributed by atoms with Crippen molar-refractivity contribution in [3.63, 3.8) is 0 Å². The van der Waals surface area contributed by atoms with Crippen LogP contribution >= 0.6 is 0 Å². The van der Waals surface area contributed by atoms with Gasteiger partial charge in [-0.15, -0.1) is 0 Å². The number of rotatable bonds is 0. The van der Waals surface area contributed by atoms with Gasteiger partial charge in [-0.2, -0.15) is 0 Å². The van der Waals surface area contributed by atoms with Crippen LogP contribution in [0.5, 0.6) is 0 Å². The molecule has 0 amide bonds. The molecule has 1 aromatic heterocycles. The standard InChI is InChI=1S/C12H16N2/c1-8-3-2-4-9-10-7-13-6-5-11(10)14-12(8)9/h2,4,8,13-14H,3,5-7H2,1H3. The predicted octanol–water partition coefficient (Wildman–Crippen LogP) is 2.18. The molecule has 3 rings (SSSR count). The summed E-state index contributed by atoms with van der Waals surface area (Å²) in [6.07, 6.45) is 6.93. The first-order chi connectivity index (χ1) is 6.86. The van der Waals surface area contributed by atoms with Gasteiger partial charge in [0.1, 0.15) is 0 Å². The molecular weight excluding hydrogens is 172 g/mol. The van der Waals surface area contributed by atoms with Crippen molar-refractivity contribution >= 4 is 6.08 Å². The second-order valence-electron chi connectivity index (χ2n) is 4.38. The summed E-state index contributed by atoms with van der Waals surface area (Å²) in [5, 5.41) is 3.44. The highest BCUT2D eigenvalue weighted by molar-refractivity contribution is 5.62. The number of fused-ring (bicyclic) bond motifs is 3. The van der Waals surface area contributed by atoms with Crippen molar-refractivity contribution in [3.05, 3.63) is 28.6 Å². The van der Waals surface area contributed by atoms with Crippen LogP contribution in [0.15, 0.2) is 6.08 Å². The first-order valence-electron chi connectivity index (χ1n) is 5.47. The molecule has 2 aliphatic rings. The third kappa shape index (κ3) is 1.07. The highest BCUT2D eigenvalue weighted by atomic mass is 14.9. The largest absolute Gasteiger partial charge is 0.361 e. The summed E-state index contributed by atoms with van der Waals surface area (Å²) < 4.78 is 0. The van der Waals surface area contributed by atoms with E-state index in [2.05, 4.69) is 29.4 Å². The molecule has 1 aliphatic carbocycles. The Morgan fingerprint density at radius 2 is 2.36 bits per heavy atom. The number of nitrogens with one attached hydrogen (secondary N) is 2. The van der Waals surface area contributed by atoms with Gasteiger partial charge in [0.05, 0.1) is 0 Å². The molecule has 2 heterocycles. The minimum Gasteiger partial charge on any atom is -0.361 e. The van der Waals surface area contributed by atoms with E-state index in [4.69, 9.17) is 0 Å². The molecule has 0 bridgehead atoms. The number of allylic oxidation sites excluding steroid dienone is 1. The molecule has 0 fully saturated rings. The lowest BCUT2D eigenvalue weighted by Crippen LogP contribution is -2.23.